The van der Waals surface area contributed by atoms with Gasteiger partial charge < -0.3 is 5.32 Å². The predicted octanol–water partition coefficient (Wildman–Crippen LogP) is 0.659. The molecular weight excluding hydrogens is 254 g/mol. The van der Waals surface area contributed by atoms with Crippen LogP contribution in [0.4, 0.5) is 5.95 Å². The summed E-state index contributed by atoms with van der Waals surface area (Å²) in [5.74, 6) is 5.18. The molecule has 0 aliphatic heterocycles. The molecule has 6 nitrogen and oxygen atoms in total. The Balaban J connectivity index is 1.66. The lowest BCUT2D eigenvalue weighted by atomic mass is 10.1. The second-order valence-corrected chi connectivity index (χ2v) is 4.79. The number of nitrogens with two attached hydrogens (primary N) is 1. The summed E-state index contributed by atoms with van der Waals surface area (Å²) >= 11 is 0. The Morgan fingerprint density at radius 1 is 1.15 bits per heavy atom. The molecule has 2 aromatic rings. The molecule has 0 saturated heterocycles. The highest BCUT2D eigenvalue weighted by Crippen LogP contribution is 2.23. The van der Waals surface area contributed by atoms with Crippen molar-refractivity contribution in [2.75, 3.05) is 5.32 Å². The molecule has 0 bridgehead atoms. The van der Waals surface area contributed by atoms with Gasteiger partial charge in [-0.1, -0.05) is 24.3 Å². The second kappa shape index (κ2) is 5.26. The van der Waals surface area contributed by atoms with Crippen molar-refractivity contribution >= 4 is 11.9 Å². The van der Waals surface area contributed by atoms with E-state index in [4.69, 9.17) is 5.84 Å². The molecule has 0 saturated carbocycles. The zero-order valence-electron chi connectivity index (χ0n) is 10.8. The standard InChI is InChI=1S/C14H15N5O/c15-19-13(20)11-7-16-14(17-8-11)18-12-5-9-3-1-2-4-10(9)6-12/h1-4,7-8,12H,5-6,15H2,(H,19,20)(H,16,17,18). The molecule has 0 atom stereocenters. The van der Waals surface area contributed by atoms with Crippen LogP contribution < -0.4 is 16.6 Å². The van der Waals surface area contributed by atoms with E-state index >= 15 is 0 Å². The third-order valence-electron chi connectivity index (χ3n) is 3.43. The first-order valence-electron chi connectivity index (χ1n) is 6.42. The van der Waals surface area contributed by atoms with Gasteiger partial charge in [0.15, 0.2) is 0 Å². The van der Waals surface area contributed by atoms with Gasteiger partial charge in [-0.3, -0.25) is 10.2 Å². The lowest BCUT2D eigenvalue weighted by Gasteiger charge is -2.11. The predicted molar refractivity (Wildman–Crippen MR) is 74.9 cm³/mol. The fraction of sp³-hybridized carbons (Fsp3) is 0.214. The number of carbonyl (C=O) groups excluding carboxylic acids is 1. The maximum atomic E-state index is 11.3. The van der Waals surface area contributed by atoms with Gasteiger partial charge in [0.25, 0.3) is 5.91 Å². The van der Waals surface area contributed by atoms with E-state index in [1.807, 2.05) is 5.43 Å². The van der Waals surface area contributed by atoms with E-state index in [2.05, 4.69) is 39.6 Å². The molecule has 4 N–H and O–H groups in total. The maximum Gasteiger partial charge on any atom is 0.268 e. The van der Waals surface area contributed by atoms with Crippen molar-refractivity contribution in [2.24, 2.45) is 5.84 Å². The van der Waals surface area contributed by atoms with E-state index in [9.17, 15) is 4.79 Å². The van der Waals surface area contributed by atoms with Crippen LogP contribution in [-0.2, 0) is 12.8 Å². The lowest BCUT2D eigenvalue weighted by Crippen LogP contribution is -2.30. The minimum Gasteiger partial charge on any atom is -0.351 e. The van der Waals surface area contributed by atoms with Gasteiger partial charge in [0, 0.05) is 18.4 Å². The quantitative estimate of drug-likeness (QED) is 0.432. The molecule has 1 amide bonds. The van der Waals surface area contributed by atoms with E-state index in [-0.39, 0.29) is 0 Å². The van der Waals surface area contributed by atoms with Gasteiger partial charge in [-0.15, -0.1) is 0 Å². The van der Waals surface area contributed by atoms with Crippen LogP contribution in [0, 0.1) is 0 Å². The highest BCUT2D eigenvalue weighted by atomic mass is 16.2. The number of rotatable bonds is 3. The third-order valence-corrected chi connectivity index (χ3v) is 3.43. The van der Waals surface area contributed by atoms with Crippen molar-refractivity contribution in [1.29, 1.82) is 0 Å². The SMILES string of the molecule is NNC(=O)c1cnc(NC2Cc3ccccc3C2)nc1. The molecule has 102 valence electrons. The average molecular weight is 269 g/mol. The van der Waals surface area contributed by atoms with Gasteiger partial charge in [0.1, 0.15) is 0 Å². The molecule has 3 rings (SSSR count). The topological polar surface area (TPSA) is 92.9 Å². The van der Waals surface area contributed by atoms with Crippen LogP contribution in [-0.4, -0.2) is 21.9 Å². The minimum absolute atomic E-state index is 0.293. The maximum absolute atomic E-state index is 11.3. The first kappa shape index (κ1) is 12.6. The number of hydrogen-bond donors (Lipinski definition) is 3. The Kier molecular flexibility index (Phi) is 3.30. The molecule has 0 spiro atoms. The van der Waals surface area contributed by atoms with E-state index in [0.29, 0.717) is 17.6 Å². The summed E-state index contributed by atoms with van der Waals surface area (Å²) in [5.41, 5.74) is 5.12. The number of hydrazine groups is 1. The fourth-order valence-corrected chi connectivity index (χ4v) is 2.45. The van der Waals surface area contributed by atoms with Crippen molar-refractivity contribution in [3.05, 3.63) is 53.3 Å². The van der Waals surface area contributed by atoms with Crippen molar-refractivity contribution in [2.45, 2.75) is 18.9 Å². The summed E-state index contributed by atoms with van der Waals surface area (Å²) in [4.78, 5) is 19.6. The van der Waals surface area contributed by atoms with Crippen LogP contribution in [0.2, 0.25) is 0 Å². The Morgan fingerprint density at radius 3 is 2.30 bits per heavy atom. The van der Waals surface area contributed by atoms with Crippen LogP contribution in [0.15, 0.2) is 36.7 Å². The number of carbonyl (C=O) groups is 1. The van der Waals surface area contributed by atoms with E-state index in [1.165, 1.54) is 23.5 Å². The zero-order chi connectivity index (χ0) is 13.9. The highest BCUT2D eigenvalue weighted by molar-refractivity contribution is 5.93. The third kappa shape index (κ3) is 2.46. The van der Waals surface area contributed by atoms with Gasteiger partial charge in [0.2, 0.25) is 5.95 Å². The summed E-state index contributed by atoms with van der Waals surface area (Å²) in [6.45, 7) is 0. The normalized spacial score (nSPS) is 13.8. The molecule has 1 aromatic heterocycles. The smallest absolute Gasteiger partial charge is 0.268 e. The van der Waals surface area contributed by atoms with Gasteiger partial charge >= 0.3 is 0 Å². The van der Waals surface area contributed by atoms with Gasteiger partial charge in [0.05, 0.1) is 5.56 Å². The van der Waals surface area contributed by atoms with E-state index in [0.717, 1.165) is 12.8 Å². The second-order valence-electron chi connectivity index (χ2n) is 4.79. The summed E-state index contributed by atoms with van der Waals surface area (Å²) in [6.07, 6.45) is 4.84. The first-order valence-corrected chi connectivity index (χ1v) is 6.42. The van der Waals surface area contributed by atoms with Crippen LogP contribution in [0.5, 0.6) is 0 Å². The molecule has 0 radical (unpaired) electrons. The summed E-state index contributed by atoms with van der Waals surface area (Å²) in [6, 6.07) is 8.69. The number of anilines is 1. The van der Waals surface area contributed by atoms with Crippen molar-refractivity contribution < 1.29 is 4.79 Å². The van der Waals surface area contributed by atoms with E-state index < -0.39 is 5.91 Å². The summed E-state index contributed by atoms with van der Waals surface area (Å²) in [5, 5.41) is 3.29. The van der Waals surface area contributed by atoms with Crippen LogP contribution in [0.25, 0.3) is 0 Å². The number of hydrogen-bond acceptors (Lipinski definition) is 5. The minimum atomic E-state index is -0.398. The van der Waals surface area contributed by atoms with Crippen molar-refractivity contribution in [3.8, 4) is 0 Å². The lowest BCUT2D eigenvalue weighted by molar-refractivity contribution is 0.0953. The number of amides is 1. The van der Waals surface area contributed by atoms with Crippen LogP contribution in [0.1, 0.15) is 21.5 Å². The molecule has 1 aliphatic rings. The highest BCUT2D eigenvalue weighted by Gasteiger charge is 2.21. The summed E-state index contributed by atoms with van der Waals surface area (Å²) in [7, 11) is 0. The van der Waals surface area contributed by atoms with Gasteiger partial charge in [-0.05, 0) is 24.0 Å². The molecule has 1 aliphatic carbocycles. The molecular formula is C14H15N5O. The van der Waals surface area contributed by atoms with Gasteiger partial charge in [-0.2, -0.15) is 0 Å². The molecule has 20 heavy (non-hydrogen) atoms. The fourth-order valence-electron chi connectivity index (χ4n) is 2.45. The molecule has 1 aromatic carbocycles. The van der Waals surface area contributed by atoms with Crippen LogP contribution >= 0.6 is 0 Å². The molecule has 1 heterocycles. The van der Waals surface area contributed by atoms with Crippen LogP contribution in [0.3, 0.4) is 0 Å². The monoisotopic (exact) mass is 269 g/mol. The molecule has 6 heteroatoms. The number of nitrogen functional groups attached to an aromatic ring is 1. The van der Waals surface area contributed by atoms with Crippen molar-refractivity contribution in [3.63, 3.8) is 0 Å². The molecule has 0 fully saturated rings. The number of nitrogens with zero attached hydrogens (tertiary/aromatic N) is 2. The summed E-state index contributed by atoms with van der Waals surface area (Å²) < 4.78 is 0. The van der Waals surface area contributed by atoms with Gasteiger partial charge in [-0.25, -0.2) is 15.8 Å². The Morgan fingerprint density at radius 2 is 1.75 bits per heavy atom. The Hall–Kier alpha value is -2.47. The number of aromatic nitrogens is 2. The largest absolute Gasteiger partial charge is 0.351 e. The first-order chi connectivity index (χ1) is 9.76. The number of benzene rings is 1. The van der Waals surface area contributed by atoms with E-state index in [1.54, 1.807) is 0 Å². The van der Waals surface area contributed by atoms with Crippen molar-refractivity contribution in [1.82, 2.24) is 15.4 Å². The Bertz CT molecular complexity index is 601. The number of fused-ring (bicyclic) bond motifs is 1. The average Bonchev–Trinajstić information content (AvgIpc) is 2.89. The zero-order valence-corrected chi connectivity index (χ0v) is 10.8. The number of nitrogens with one attached hydrogen (secondary N) is 2. The molecule has 0 unspecified atom stereocenters. The Labute approximate surface area is 116 Å².